The molecule has 0 radical (unpaired) electrons. The molecule has 1 aliphatic rings. The number of nitrogens with zero attached hydrogens (tertiary/aromatic N) is 2. The van der Waals surface area contributed by atoms with Crippen LogP contribution in [-0.2, 0) is 0 Å². The molecular formula is C16H19N3O. The lowest BCUT2D eigenvalue weighted by Crippen LogP contribution is -2.26. The molecule has 0 aliphatic heterocycles. The highest BCUT2D eigenvalue weighted by molar-refractivity contribution is 5.93. The Hall–Kier alpha value is -2.10. The summed E-state index contributed by atoms with van der Waals surface area (Å²) in [5.74, 6) is 0.493. The van der Waals surface area contributed by atoms with Gasteiger partial charge in [0.2, 0.25) is 0 Å². The van der Waals surface area contributed by atoms with Crippen LogP contribution in [0.1, 0.15) is 48.3 Å². The number of para-hydroxylation sites is 1. The number of hydrogen-bond acceptors (Lipinski definition) is 2. The minimum absolute atomic E-state index is 0.0462. The van der Waals surface area contributed by atoms with Crippen LogP contribution in [-0.4, -0.2) is 22.2 Å². The number of carbonyl (C=O) groups is 1. The van der Waals surface area contributed by atoms with Crippen molar-refractivity contribution < 1.29 is 4.79 Å². The van der Waals surface area contributed by atoms with Crippen LogP contribution in [0.25, 0.3) is 5.69 Å². The van der Waals surface area contributed by atoms with Crippen molar-refractivity contribution in [2.45, 2.75) is 32.1 Å². The van der Waals surface area contributed by atoms with E-state index in [-0.39, 0.29) is 5.91 Å². The van der Waals surface area contributed by atoms with Gasteiger partial charge < -0.3 is 5.32 Å². The molecule has 3 rings (SSSR count). The van der Waals surface area contributed by atoms with E-state index in [9.17, 15) is 4.79 Å². The number of amides is 1. The fourth-order valence-corrected chi connectivity index (χ4v) is 2.23. The Bertz CT molecular complexity index is 599. The van der Waals surface area contributed by atoms with Crippen molar-refractivity contribution in [3.63, 3.8) is 0 Å². The number of rotatable bonds is 5. The molecule has 0 spiro atoms. The first-order chi connectivity index (χ1) is 9.79. The third kappa shape index (κ3) is 2.59. The maximum Gasteiger partial charge on any atom is 0.270 e. The van der Waals surface area contributed by atoms with E-state index in [4.69, 9.17) is 0 Å². The zero-order valence-electron chi connectivity index (χ0n) is 11.7. The first-order valence-electron chi connectivity index (χ1n) is 7.23. The van der Waals surface area contributed by atoms with E-state index in [0.717, 1.165) is 17.8 Å². The molecule has 1 aromatic carbocycles. The Morgan fingerprint density at radius 2 is 2.10 bits per heavy atom. The largest absolute Gasteiger partial charge is 0.351 e. The summed E-state index contributed by atoms with van der Waals surface area (Å²) in [7, 11) is 0. The van der Waals surface area contributed by atoms with Gasteiger partial charge >= 0.3 is 0 Å². The van der Waals surface area contributed by atoms with Gasteiger partial charge in [-0.1, -0.05) is 25.1 Å². The predicted octanol–water partition coefficient (Wildman–Crippen LogP) is 2.89. The molecule has 20 heavy (non-hydrogen) atoms. The maximum absolute atomic E-state index is 12.3. The van der Waals surface area contributed by atoms with Crippen molar-refractivity contribution in [1.82, 2.24) is 15.1 Å². The van der Waals surface area contributed by atoms with Crippen molar-refractivity contribution in [2.75, 3.05) is 6.54 Å². The zero-order valence-corrected chi connectivity index (χ0v) is 11.7. The van der Waals surface area contributed by atoms with Gasteiger partial charge in [-0.05, 0) is 37.5 Å². The lowest BCUT2D eigenvalue weighted by atomic mass is 10.2. The van der Waals surface area contributed by atoms with Gasteiger partial charge in [0.05, 0.1) is 11.4 Å². The van der Waals surface area contributed by atoms with Gasteiger partial charge in [0.25, 0.3) is 5.91 Å². The standard InChI is InChI=1S/C16H19N3O/c1-2-10-17-16(20)15-11-14(12-8-9-12)18-19(15)13-6-4-3-5-7-13/h3-7,11-12H,2,8-10H2,1H3,(H,17,20). The van der Waals surface area contributed by atoms with Crippen molar-refractivity contribution in [1.29, 1.82) is 0 Å². The second kappa shape index (κ2) is 5.49. The van der Waals surface area contributed by atoms with Crippen LogP contribution in [0.15, 0.2) is 36.4 Å². The van der Waals surface area contributed by atoms with Gasteiger partial charge in [-0.2, -0.15) is 5.10 Å². The number of nitrogens with one attached hydrogen (secondary N) is 1. The van der Waals surface area contributed by atoms with E-state index >= 15 is 0 Å². The summed E-state index contributed by atoms with van der Waals surface area (Å²) in [6, 6.07) is 11.8. The van der Waals surface area contributed by atoms with E-state index in [2.05, 4.69) is 10.4 Å². The monoisotopic (exact) mass is 269 g/mol. The Balaban J connectivity index is 1.96. The SMILES string of the molecule is CCCNC(=O)c1cc(C2CC2)nn1-c1ccccc1. The lowest BCUT2D eigenvalue weighted by Gasteiger charge is -2.07. The predicted molar refractivity (Wildman–Crippen MR) is 78.2 cm³/mol. The molecule has 104 valence electrons. The molecule has 0 atom stereocenters. The highest BCUT2D eigenvalue weighted by Crippen LogP contribution is 2.39. The van der Waals surface area contributed by atoms with Crippen LogP contribution >= 0.6 is 0 Å². The normalized spacial score (nSPS) is 14.2. The second-order valence-corrected chi connectivity index (χ2v) is 5.23. The molecule has 1 aliphatic carbocycles. The molecule has 1 aromatic heterocycles. The minimum Gasteiger partial charge on any atom is -0.351 e. The van der Waals surface area contributed by atoms with E-state index < -0.39 is 0 Å². The van der Waals surface area contributed by atoms with Crippen LogP contribution < -0.4 is 5.32 Å². The molecule has 1 heterocycles. The Morgan fingerprint density at radius 3 is 2.75 bits per heavy atom. The van der Waals surface area contributed by atoms with E-state index in [1.165, 1.54) is 12.8 Å². The van der Waals surface area contributed by atoms with Crippen LogP contribution in [0.2, 0.25) is 0 Å². The highest BCUT2D eigenvalue weighted by atomic mass is 16.2. The number of aromatic nitrogens is 2. The molecule has 4 nitrogen and oxygen atoms in total. The summed E-state index contributed by atoms with van der Waals surface area (Å²) in [4.78, 5) is 12.3. The third-order valence-electron chi connectivity index (χ3n) is 3.49. The topological polar surface area (TPSA) is 46.9 Å². The van der Waals surface area contributed by atoms with Crippen LogP contribution in [0.4, 0.5) is 0 Å². The summed E-state index contributed by atoms with van der Waals surface area (Å²) in [6.45, 7) is 2.74. The van der Waals surface area contributed by atoms with Gasteiger partial charge in [0, 0.05) is 12.5 Å². The Labute approximate surface area is 118 Å². The molecule has 1 saturated carbocycles. The lowest BCUT2D eigenvalue weighted by molar-refractivity contribution is 0.0946. The fraction of sp³-hybridized carbons (Fsp3) is 0.375. The average Bonchev–Trinajstić information content (AvgIpc) is 3.24. The summed E-state index contributed by atoms with van der Waals surface area (Å²) < 4.78 is 1.76. The van der Waals surface area contributed by atoms with Crippen molar-refractivity contribution >= 4 is 5.91 Å². The molecule has 0 bridgehead atoms. The van der Waals surface area contributed by atoms with Crippen molar-refractivity contribution in [2.24, 2.45) is 0 Å². The number of hydrogen-bond donors (Lipinski definition) is 1. The molecule has 0 unspecified atom stereocenters. The summed E-state index contributed by atoms with van der Waals surface area (Å²) in [5.41, 5.74) is 2.60. The van der Waals surface area contributed by atoms with Crippen LogP contribution in [0.5, 0.6) is 0 Å². The van der Waals surface area contributed by atoms with Crippen molar-refractivity contribution in [3.8, 4) is 5.69 Å². The maximum atomic E-state index is 12.3. The molecule has 0 saturated heterocycles. The Kier molecular flexibility index (Phi) is 3.54. The second-order valence-electron chi connectivity index (χ2n) is 5.23. The van der Waals surface area contributed by atoms with E-state index in [1.54, 1.807) is 4.68 Å². The van der Waals surface area contributed by atoms with Gasteiger partial charge in [0.1, 0.15) is 5.69 Å². The van der Waals surface area contributed by atoms with Gasteiger partial charge in [-0.15, -0.1) is 0 Å². The smallest absolute Gasteiger partial charge is 0.270 e. The molecular weight excluding hydrogens is 250 g/mol. The third-order valence-corrected chi connectivity index (χ3v) is 3.49. The zero-order chi connectivity index (χ0) is 13.9. The number of benzene rings is 1. The van der Waals surface area contributed by atoms with Crippen LogP contribution in [0, 0.1) is 0 Å². The first kappa shape index (κ1) is 12.9. The summed E-state index contributed by atoms with van der Waals surface area (Å²) >= 11 is 0. The fourth-order valence-electron chi connectivity index (χ4n) is 2.23. The summed E-state index contributed by atoms with van der Waals surface area (Å²) in [5, 5.41) is 7.56. The number of carbonyl (C=O) groups excluding carboxylic acids is 1. The van der Waals surface area contributed by atoms with E-state index in [0.29, 0.717) is 18.2 Å². The van der Waals surface area contributed by atoms with Gasteiger partial charge in [-0.25, -0.2) is 4.68 Å². The first-order valence-corrected chi connectivity index (χ1v) is 7.23. The van der Waals surface area contributed by atoms with Crippen LogP contribution in [0.3, 0.4) is 0 Å². The highest BCUT2D eigenvalue weighted by Gasteiger charge is 2.28. The Morgan fingerprint density at radius 1 is 1.35 bits per heavy atom. The minimum atomic E-state index is -0.0462. The quantitative estimate of drug-likeness (QED) is 0.907. The molecule has 1 N–H and O–H groups in total. The van der Waals surface area contributed by atoms with Gasteiger partial charge in [0.15, 0.2) is 0 Å². The summed E-state index contributed by atoms with van der Waals surface area (Å²) in [6.07, 6.45) is 3.30. The molecule has 2 aromatic rings. The van der Waals surface area contributed by atoms with E-state index in [1.807, 2.05) is 43.3 Å². The van der Waals surface area contributed by atoms with Gasteiger partial charge in [-0.3, -0.25) is 4.79 Å². The molecule has 1 amide bonds. The molecule has 1 fully saturated rings. The molecule has 4 heteroatoms. The average molecular weight is 269 g/mol. The van der Waals surface area contributed by atoms with Crippen molar-refractivity contribution in [3.05, 3.63) is 47.8 Å².